The highest BCUT2D eigenvalue weighted by atomic mass is 16.6. The summed E-state index contributed by atoms with van der Waals surface area (Å²) in [5.41, 5.74) is 0.841. The Morgan fingerprint density at radius 2 is 1.84 bits per heavy atom. The van der Waals surface area contributed by atoms with Gasteiger partial charge in [-0.3, -0.25) is 24.3 Å². The molecule has 0 unspecified atom stereocenters. The van der Waals surface area contributed by atoms with Crippen molar-refractivity contribution in [3.05, 3.63) is 60.2 Å². The normalized spacial score (nSPS) is 19.0. The average molecular weight is 525 g/mol. The van der Waals surface area contributed by atoms with Crippen LogP contribution in [0.4, 0.5) is 0 Å². The first-order valence-electron chi connectivity index (χ1n) is 12.2. The number of benzene rings is 1. The van der Waals surface area contributed by atoms with Gasteiger partial charge >= 0.3 is 19.1 Å². The molecule has 13 heteroatoms. The maximum atomic E-state index is 13.5. The molecule has 2 heterocycles. The number of carbonyl (C=O) groups is 4. The summed E-state index contributed by atoms with van der Waals surface area (Å²) in [4.78, 5) is 60.2. The van der Waals surface area contributed by atoms with Crippen LogP contribution < -0.4 is 10.6 Å². The standard InChI is InChI=1S/C25H32BN5O7/c1-15(2)12-19(26-37-21(24(34)35)20(31(3)4)25(36)38-26)30-22(32)17(13-16-8-6-5-7-9-16)29-23(33)18-14-27-10-11-28-18/h5-11,14-15,17,19-21H,12-13H2,1-4H3,(H,29,33)(H,30,32)(H,34,35)/t17-,19-,20+,21+/m0/s1. The van der Waals surface area contributed by atoms with E-state index >= 15 is 0 Å². The number of carboxylic acids is 1. The Hall–Kier alpha value is -3.84. The predicted molar refractivity (Wildman–Crippen MR) is 137 cm³/mol. The molecule has 2 aromatic rings. The van der Waals surface area contributed by atoms with Gasteiger partial charge < -0.3 is 25.0 Å². The highest BCUT2D eigenvalue weighted by Crippen LogP contribution is 2.21. The summed E-state index contributed by atoms with van der Waals surface area (Å²) in [5, 5.41) is 15.2. The van der Waals surface area contributed by atoms with Gasteiger partial charge in [-0.2, -0.15) is 0 Å². The van der Waals surface area contributed by atoms with Crippen LogP contribution in [0.15, 0.2) is 48.9 Å². The van der Waals surface area contributed by atoms with Crippen LogP contribution in [0.5, 0.6) is 0 Å². The lowest BCUT2D eigenvalue weighted by molar-refractivity contribution is -0.165. The lowest BCUT2D eigenvalue weighted by Gasteiger charge is -2.37. The molecule has 0 radical (unpaired) electrons. The van der Waals surface area contributed by atoms with Crippen molar-refractivity contribution in [2.75, 3.05) is 14.1 Å². The van der Waals surface area contributed by atoms with Crippen molar-refractivity contribution < 1.29 is 33.6 Å². The minimum absolute atomic E-state index is 0.0270. The smallest absolute Gasteiger partial charge is 0.507 e. The zero-order valence-corrected chi connectivity index (χ0v) is 21.7. The van der Waals surface area contributed by atoms with E-state index in [1.54, 1.807) is 14.1 Å². The summed E-state index contributed by atoms with van der Waals surface area (Å²) in [5.74, 6) is -4.08. The van der Waals surface area contributed by atoms with E-state index in [9.17, 15) is 24.3 Å². The molecule has 0 spiro atoms. The number of likely N-dealkylation sites (N-methyl/N-ethyl adjacent to an activating group) is 1. The van der Waals surface area contributed by atoms with Crippen molar-refractivity contribution in [3.8, 4) is 0 Å². The first-order valence-corrected chi connectivity index (χ1v) is 12.2. The third-order valence-corrected chi connectivity index (χ3v) is 5.92. The van der Waals surface area contributed by atoms with E-state index in [0.717, 1.165) is 5.56 Å². The van der Waals surface area contributed by atoms with E-state index in [2.05, 4.69) is 20.6 Å². The number of hydrogen-bond acceptors (Lipinski definition) is 9. The molecular weight excluding hydrogens is 493 g/mol. The molecule has 12 nitrogen and oxygen atoms in total. The van der Waals surface area contributed by atoms with Gasteiger partial charge in [0.2, 0.25) is 5.91 Å². The summed E-state index contributed by atoms with van der Waals surface area (Å²) in [6.45, 7) is 3.80. The monoisotopic (exact) mass is 525 g/mol. The highest BCUT2D eigenvalue weighted by Gasteiger charge is 2.50. The Balaban J connectivity index is 1.84. The minimum Gasteiger partial charge on any atom is -0.507 e. The minimum atomic E-state index is -1.49. The van der Waals surface area contributed by atoms with E-state index in [0.29, 0.717) is 6.42 Å². The molecule has 2 amide bonds. The van der Waals surface area contributed by atoms with Gasteiger partial charge in [-0.1, -0.05) is 44.2 Å². The van der Waals surface area contributed by atoms with Crippen LogP contribution in [0, 0.1) is 5.92 Å². The lowest BCUT2D eigenvalue weighted by atomic mass is 9.72. The molecule has 3 N–H and O–H groups in total. The fourth-order valence-electron chi connectivity index (χ4n) is 4.14. The zero-order chi connectivity index (χ0) is 27.8. The van der Waals surface area contributed by atoms with Crippen LogP contribution >= 0.6 is 0 Å². The van der Waals surface area contributed by atoms with Gasteiger partial charge in [-0.15, -0.1) is 0 Å². The molecule has 1 aromatic heterocycles. The largest absolute Gasteiger partial charge is 0.552 e. The molecule has 1 fully saturated rings. The second-order valence-corrected chi connectivity index (χ2v) is 9.66. The quantitative estimate of drug-likeness (QED) is 0.349. The van der Waals surface area contributed by atoms with Crippen LogP contribution in [0.25, 0.3) is 0 Å². The molecule has 3 rings (SSSR count). The van der Waals surface area contributed by atoms with Gasteiger partial charge in [0.05, 0.1) is 12.1 Å². The Morgan fingerprint density at radius 3 is 2.42 bits per heavy atom. The number of aliphatic carboxylic acids is 1. The molecule has 38 heavy (non-hydrogen) atoms. The number of nitrogens with zero attached hydrogens (tertiary/aromatic N) is 3. The third-order valence-electron chi connectivity index (χ3n) is 5.92. The first-order chi connectivity index (χ1) is 18.1. The molecular formula is C25H32BN5O7. The van der Waals surface area contributed by atoms with E-state index in [4.69, 9.17) is 9.31 Å². The van der Waals surface area contributed by atoms with Crippen LogP contribution in [0.1, 0.15) is 36.3 Å². The number of amides is 2. The maximum absolute atomic E-state index is 13.5. The fraction of sp³-hybridized carbons (Fsp3) is 0.440. The summed E-state index contributed by atoms with van der Waals surface area (Å²) < 4.78 is 11.2. The second kappa shape index (κ2) is 13.1. The van der Waals surface area contributed by atoms with Crippen molar-refractivity contribution in [3.63, 3.8) is 0 Å². The van der Waals surface area contributed by atoms with Crippen molar-refractivity contribution in [2.45, 2.75) is 50.8 Å². The Morgan fingerprint density at radius 1 is 1.13 bits per heavy atom. The molecule has 1 aliphatic rings. The summed E-state index contributed by atoms with van der Waals surface area (Å²) in [6.07, 6.45) is 3.08. The van der Waals surface area contributed by atoms with E-state index < -0.39 is 55.0 Å². The Bertz CT molecular complexity index is 1120. The molecule has 0 bridgehead atoms. The number of hydrogen-bond donors (Lipinski definition) is 3. The van der Waals surface area contributed by atoms with Gasteiger partial charge in [0.1, 0.15) is 17.8 Å². The van der Waals surface area contributed by atoms with Crippen LogP contribution in [-0.2, 0) is 30.1 Å². The molecule has 202 valence electrons. The van der Waals surface area contributed by atoms with Crippen molar-refractivity contribution in [1.29, 1.82) is 0 Å². The third kappa shape index (κ3) is 7.59. The topological polar surface area (TPSA) is 160 Å². The summed E-state index contributed by atoms with van der Waals surface area (Å²) in [6, 6.07) is 6.96. The summed E-state index contributed by atoms with van der Waals surface area (Å²) in [7, 11) is 1.76. The van der Waals surface area contributed by atoms with Crippen molar-refractivity contribution >= 4 is 30.9 Å². The van der Waals surface area contributed by atoms with Gasteiger partial charge in [0.25, 0.3) is 5.91 Å². The SMILES string of the molecule is CC(C)C[C@H](NC(=O)[C@H](Cc1ccccc1)NC(=O)c1cnccn1)B1OC(=O)[C@H](N(C)C)[C@H](C(=O)O)O1. The Labute approximate surface area is 221 Å². The molecule has 0 aliphatic carbocycles. The number of carbonyl (C=O) groups excluding carboxylic acids is 3. The van der Waals surface area contributed by atoms with Crippen LogP contribution in [0.3, 0.4) is 0 Å². The molecule has 0 saturated carbocycles. The molecule has 4 atom stereocenters. The van der Waals surface area contributed by atoms with Crippen LogP contribution in [0.2, 0.25) is 0 Å². The number of aromatic nitrogens is 2. The van der Waals surface area contributed by atoms with Gasteiger partial charge in [0, 0.05) is 18.8 Å². The average Bonchev–Trinajstić information content (AvgIpc) is 2.87. The number of nitrogens with one attached hydrogen (secondary N) is 2. The van der Waals surface area contributed by atoms with Gasteiger partial charge in [-0.25, -0.2) is 9.78 Å². The first kappa shape index (κ1) is 28.7. The van der Waals surface area contributed by atoms with E-state index in [1.807, 2.05) is 44.2 Å². The van der Waals surface area contributed by atoms with Crippen molar-refractivity contribution in [1.82, 2.24) is 25.5 Å². The van der Waals surface area contributed by atoms with Crippen LogP contribution in [-0.4, -0.2) is 89.1 Å². The second-order valence-electron chi connectivity index (χ2n) is 9.66. The molecule has 1 saturated heterocycles. The zero-order valence-electron chi connectivity index (χ0n) is 21.7. The van der Waals surface area contributed by atoms with E-state index in [-0.39, 0.29) is 18.0 Å². The van der Waals surface area contributed by atoms with E-state index in [1.165, 1.54) is 23.5 Å². The summed E-state index contributed by atoms with van der Waals surface area (Å²) >= 11 is 0. The lowest BCUT2D eigenvalue weighted by Crippen LogP contribution is -2.64. The molecule has 1 aliphatic heterocycles. The molecule has 1 aromatic carbocycles. The fourth-order valence-corrected chi connectivity index (χ4v) is 4.14. The van der Waals surface area contributed by atoms with Crippen molar-refractivity contribution in [2.24, 2.45) is 5.92 Å². The number of rotatable bonds is 11. The van der Waals surface area contributed by atoms with Gasteiger partial charge in [-0.05, 0) is 32.0 Å². The number of carboxylic acid groups (broad SMARTS) is 1. The highest BCUT2D eigenvalue weighted by molar-refractivity contribution is 6.50. The predicted octanol–water partition coefficient (Wildman–Crippen LogP) is 0.333. The van der Waals surface area contributed by atoms with Gasteiger partial charge in [0.15, 0.2) is 6.10 Å². The Kier molecular flexibility index (Phi) is 9.91. The maximum Gasteiger partial charge on any atom is 0.552 e.